The van der Waals surface area contributed by atoms with Crippen LogP contribution >= 0.6 is 0 Å². The highest BCUT2D eigenvalue weighted by Gasteiger charge is 2.26. The summed E-state index contributed by atoms with van der Waals surface area (Å²) in [6.07, 6.45) is 2.73. The van der Waals surface area contributed by atoms with Crippen molar-refractivity contribution in [1.29, 1.82) is 0 Å². The molecule has 1 saturated heterocycles. The molecule has 0 saturated carbocycles. The average Bonchev–Trinajstić information content (AvgIpc) is 2.96. The molecule has 0 amide bonds. The fraction of sp³-hybridized carbons (Fsp3) is 0.500. The lowest BCUT2D eigenvalue weighted by molar-refractivity contribution is 0.730. The molecule has 6 nitrogen and oxygen atoms in total. The molecule has 1 unspecified atom stereocenters. The van der Waals surface area contributed by atoms with Gasteiger partial charge in [0.15, 0.2) is 0 Å². The number of hydrogen-bond donors (Lipinski definition) is 0. The van der Waals surface area contributed by atoms with Gasteiger partial charge in [-0.15, -0.1) is 0 Å². The third-order valence-corrected chi connectivity index (χ3v) is 4.02. The van der Waals surface area contributed by atoms with Crippen LogP contribution in [0.1, 0.15) is 29.6 Å². The van der Waals surface area contributed by atoms with Crippen LogP contribution in [0.4, 0.5) is 11.6 Å². The summed E-state index contributed by atoms with van der Waals surface area (Å²) in [5, 5.41) is 0. The van der Waals surface area contributed by atoms with Crippen molar-refractivity contribution in [2.45, 2.75) is 26.2 Å². The third kappa shape index (κ3) is 3.00. The molecule has 0 spiro atoms. The Morgan fingerprint density at radius 1 is 1.14 bits per heavy atom. The Labute approximate surface area is 131 Å². The number of rotatable bonds is 3. The first kappa shape index (κ1) is 14.7. The SMILES string of the molecule is Cc1cc(N2CCC(c3cc(N(C)C)nc(C)n3)C2)ncn1. The van der Waals surface area contributed by atoms with E-state index in [1.54, 1.807) is 6.33 Å². The quantitative estimate of drug-likeness (QED) is 0.863. The van der Waals surface area contributed by atoms with Crippen molar-refractivity contribution in [3.05, 3.63) is 35.7 Å². The minimum absolute atomic E-state index is 0.427. The Bertz CT molecular complexity index is 669. The summed E-state index contributed by atoms with van der Waals surface area (Å²) in [4.78, 5) is 22.0. The smallest absolute Gasteiger partial charge is 0.132 e. The van der Waals surface area contributed by atoms with Gasteiger partial charge in [-0.25, -0.2) is 19.9 Å². The van der Waals surface area contributed by atoms with Crippen LogP contribution in [-0.4, -0.2) is 47.1 Å². The molecule has 116 valence electrons. The monoisotopic (exact) mass is 298 g/mol. The molecule has 0 aromatic carbocycles. The molecule has 1 atom stereocenters. The summed E-state index contributed by atoms with van der Waals surface area (Å²) in [5.74, 6) is 3.24. The number of nitrogens with zero attached hydrogens (tertiary/aromatic N) is 6. The van der Waals surface area contributed by atoms with E-state index in [4.69, 9.17) is 0 Å². The van der Waals surface area contributed by atoms with Crippen molar-refractivity contribution in [3.63, 3.8) is 0 Å². The molecule has 3 rings (SSSR count). The first-order valence-electron chi connectivity index (χ1n) is 7.59. The van der Waals surface area contributed by atoms with Crippen molar-refractivity contribution >= 4 is 11.6 Å². The van der Waals surface area contributed by atoms with Crippen LogP contribution in [0.5, 0.6) is 0 Å². The molecule has 2 aromatic rings. The molecule has 1 fully saturated rings. The zero-order valence-electron chi connectivity index (χ0n) is 13.6. The van der Waals surface area contributed by atoms with Crippen LogP contribution in [0, 0.1) is 13.8 Å². The lowest BCUT2D eigenvalue weighted by Crippen LogP contribution is -2.21. The van der Waals surface area contributed by atoms with E-state index in [2.05, 4.69) is 30.9 Å². The van der Waals surface area contributed by atoms with E-state index in [0.717, 1.165) is 48.4 Å². The first-order valence-corrected chi connectivity index (χ1v) is 7.59. The van der Waals surface area contributed by atoms with E-state index < -0.39 is 0 Å². The van der Waals surface area contributed by atoms with Crippen molar-refractivity contribution in [3.8, 4) is 0 Å². The van der Waals surface area contributed by atoms with Crippen LogP contribution < -0.4 is 9.80 Å². The predicted molar refractivity (Wildman–Crippen MR) is 87.4 cm³/mol. The van der Waals surface area contributed by atoms with Gasteiger partial charge in [0.2, 0.25) is 0 Å². The lowest BCUT2D eigenvalue weighted by atomic mass is 10.0. The van der Waals surface area contributed by atoms with Crippen molar-refractivity contribution in [2.75, 3.05) is 37.0 Å². The lowest BCUT2D eigenvalue weighted by Gasteiger charge is -2.18. The molecule has 1 aliphatic heterocycles. The van der Waals surface area contributed by atoms with Crippen molar-refractivity contribution in [1.82, 2.24) is 19.9 Å². The highest BCUT2D eigenvalue weighted by molar-refractivity contribution is 5.43. The van der Waals surface area contributed by atoms with Crippen molar-refractivity contribution in [2.24, 2.45) is 0 Å². The fourth-order valence-electron chi connectivity index (χ4n) is 2.84. The van der Waals surface area contributed by atoms with Gasteiger partial charge in [-0.2, -0.15) is 0 Å². The van der Waals surface area contributed by atoms with Gasteiger partial charge in [0.1, 0.15) is 23.8 Å². The molecule has 0 aliphatic carbocycles. The van der Waals surface area contributed by atoms with E-state index in [1.165, 1.54) is 0 Å². The topological polar surface area (TPSA) is 58.0 Å². The normalized spacial score (nSPS) is 17.8. The summed E-state index contributed by atoms with van der Waals surface area (Å²) in [6.45, 7) is 5.90. The molecule has 0 bridgehead atoms. The van der Waals surface area contributed by atoms with Crippen LogP contribution in [0.15, 0.2) is 18.5 Å². The fourth-order valence-corrected chi connectivity index (χ4v) is 2.84. The molecule has 6 heteroatoms. The second kappa shape index (κ2) is 5.87. The zero-order chi connectivity index (χ0) is 15.7. The molecule has 1 aliphatic rings. The Morgan fingerprint density at radius 3 is 2.68 bits per heavy atom. The second-order valence-corrected chi connectivity index (χ2v) is 6.04. The summed E-state index contributed by atoms with van der Waals surface area (Å²) in [5.41, 5.74) is 2.13. The van der Waals surface area contributed by atoms with Gasteiger partial charge < -0.3 is 9.80 Å². The highest BCUT2D eigenvalue weighted by Crippen LogP contribution is 2.30. The number of aryl methyl sites for hydroxylation is 2. The Morgan fingerprint density at radius 2 is 1.95 bits per heavy atom. The van der Waals surface area contributed by atoms with Gasteiger partial charge in [-0.3, -0.25) is 0 Å². The first-order chi connectivity index (χ1) is 10.5. The number of hydrogen-bond acceptors (Lipinski definition) is 6. The van der Waals surface area contributed by atoms with Crippen molar-refractivity contribution < 1.29 is 0 Å². The van der Waals surface area contributed by atoms with Gasteiger partial charge in [-0.1, -0.05) is 0 Å². The maximum Gasteiger partial charge on any atom is 0.132 e. The maximum absolute atomic E-state index is 4.65. The third-order valence-electron chi connectivity index (χ3n) is 4.02. The van der Waals surface area contributed by atoms with Crippen LogP contribution in [0.2, 0.25) is 0 Å². The summed E-state index contributed by atoms with van der Waals surface area (Å²) < 4.78 is 0. The maximum atomic E-state index is 4.65. The zero-order valence-corrected chi connectivity index (χ0v) is 13.6. The largest absolute Gasteiger partial charge is 0.363 e. The molecule has 0 radical (unpaired) electrons. The predicted octanol–water partition coefficient (Wildman–Crippen LogP) is 1.94. The van der Waals surface area contributed by atoms with E-state index in [1.807, 2.05) is 38.9 Å². The van der Waals surface area contributed by atoms with Crippen LogP contribution in [0.3, 0.4) is 0 Å². The van der Waals surface area contributed by atoms with Crippen LogP contribution in [-0.2, 0) is 0 Å². The van der Waals surface area contributed by atoms with E-state index in [9.17, 15) is 0 Å². The summed E-state index contributed by atoms with van der Waals surface area (Å²) in [7, 11) is 4.02. The number of aromatic nitrogens is 4. The number of anilines is 2. The summed E-state index contributed by atoms with van der Waals surface area (Å²) in [6, 6.07) is 4.14. The average molecular weight is 298 g/mol. The van der Waals surface area contributed by atoms with Gasteiger partial charge in [0.05, 0.1) is 5.69 Å². The second-order valence-electron chi connectivity index (χ2n) is 6.04. The van der Waals surface area contributed by atoms with Gasteiger partial charge in [0, 0.05) is 50.9 Å². The van der Waals surface area contributed by atoms with Gasteiger partial charge in [-0.05, 0) is 20.3 Å². The molecular weight excluding hydrogens is 276 g/mol. The minimum Gasteiger partial charge on any atom is -0.363 e. The molecular formula is C16H22N6. The van der Waals surface area contributed by atoms with Crippen LogP contribution in [0.25, 0.3) is 0 Å². The van der Waals surface area contributed by atoms with E-state index in [-0.39, 0.29) is 0 Å². The van der Waals surface area contributed by atoms with Gasteiger partial charge in [0.25, 0.3) is 0 Å². The Hall–Kier alpha value is -2.24. The minimum atomic E-state index is 0.427. The van der Waals surface area contributed by atoms with E-state index >= 15 is 0 Å². The molecule has 2 aromatic heterocycles. The highest BCUT2D eigenvalue weighted by atomic mass is 15.2. The summed E-state index contributed by atoms with van der Waals surface area (Å²) >= 11 is 0. The molecule has 22 heavy (non-hydrogen) atoms. The molecule has 0 N–H and O–H groups in total. The molecule has 3 heterocycles. The van der Waals surface area contributed by atoms with E-state index in [0.29, 0.717) is 5.92 Å². The Balaban J connectivity index is 1.81. The Kier molecular flexibility index (Phi) is 3.92. The van der Waals surface area contributed by atoms with Gasteiger partial charge >= 0.3 is 0 Å². The standard InChI is InChI=1S/C16H22N6/c1-11-7-15(18-10-17-11)22-6-5-13(9-22)14-8-16(21(3)4)20-12(2)19-14/h7-8,10,13H,5-6,9H2,1-4H3.